The van der Waals surface area contributed by atoms with E-state index >= 15 is 0 Å². The molecule has 0 unspecified atom stereocenters. The zero-order valence-corrected chi connectivity index (χ0v) is 9.17. The highest BCUT2D eigenvalue weighted by Crippen LogP contribution is 2.19. The fraction of sp³-hybridized carbons (Fsp3) is 0.0714. The Hall–Kier alpha value is -2.09. The van der Waals surface area contributed by atoms with Crippen LogP contribution in [0.25, 0.3) is 16.6 Å². The molecule has 0 aliphatic heterocycles. The summed E-state index contributed by atoms with van der Waals surface area (Å²) >= 11 is 0. The van der Waals surface area contributed by atoms with Crippen LogP contribution in [-0.2, 0) is 7.05 Å². The first-order valence-electron chi connectivity index (χ1n) is 5.36. The molecule has 3 rings (SSSR count). The van der Waals surface area contributed by atoms with Crippen molar-refractivity contribution in [3.8, 4) is 5.69 Å². The van der Waals surface area contributed by atoms with Gasteiger partial charge in [0.15, 0.2) is 12.4 Å². The molecule has 0 spiro atoms. The molecule has 0 N–H and O–H groups in total. The first-order valence-corrected chi connectivity index (χ1v) is 5.36. The van der Waals surface area contributed by atoms with Crippen molar-refractivity contribution in [3.05, 3.63) is 61.1 Å². The number of hydrogen-bond acceptors (Lipinski definition) is 0. The van der Waals surface area contributed by atoms with E-state index < -0.39 is 0 Å². The lowest BCUT2D eigenvalue weighted by atomic mass is 10.2. The lowest BCUT2D eigenvalue weighted by molar-refractivity contribution is -0.671. The Morgan fingerprint density at radius 1 is 0.938 bits per heavy atom. The molecule has 2 heteroatoms. The summed E-state index contributed by atoms with van der Waals surface area (Å²) in [4.78, 5) is 0. The number of hydrogen-bond donors (Lipinski definition) is 0. The third-order valence-electron chi connectivity index (χ3n) is 2.84. The van der Waals surface area contributed by atoms with Gasteiger partial charge < -0.3 is 4.57 Å². The van der Waals surface area contributed by atoms with Crippen LogP contribution < -0.4 is 4.57 Å². The predicted octanol–water partition coefficient (Wildman–Crippen LogP) is 2.46. The Balaban J connectivity index is 2.22. The summed E-state index contributed by atoms with van der Waals surface area (Å²) in [6.45, 7) is 0. The normalized spacial score (nSPS) is 10.8. The van der Waals surface area contributed by atoms with E-state index in [1.165, 1.54) is 16.6 Å². The van der Waals surface area contributed by atoms with Crippen LogP contribution in [0.5, 0.6) is 0 Å². The summed E-state index contributed by atoms with van der Waals surface area (Å²) in [6.07, 6.45) is 6.23. The maximum atomic E-state index is 2.20. The second-order valence-electron chi connectivity index (χ2n) is 3.97. The van der Waals surface area contributed by atoms with Gasteiger partial charge in [-0.15, -0.1) is 0 Å². The van der Waals surface area contributed by atoms with Crippen molar-refractivity contribution in [2.75, 3.05) is 0 Å². The molecule has 3 aromatic rings. The molecule has 0 fully saturated rings. The van der Waals surface area contributed by atoms with Gasteiger partial charge in [-0.25, -0.2) is 4.57 Å². The van der Waals surface area contributed by atoms with E-state index in [-0.39, 0.29) is 0 Å². The largest absolute Gasteiger partial charge is 0.316 e. The maximum Gasteiger partial charge on any atom is 0.170 e. The van der Waals surface area contributed by atoms with E-state index in [0.717, 1.165) is 0 Å². The lowest BCUT2D eigenvalue weighted by Gasteiger charge is -2.03. The Morgan fingerprint density at radius 3 is 2.50 bits per heavy atom. The molecule has 1 aromatic carbocycles. The summed E-state index contributed by atoms with van der Waals surface area (Å²) in [5.41, 5.74) is 2.44. The number of fused-ring (bicyclic) bond motifs is 1. The number of benzene rings is 1. The van der Waals surface area contributed by atoms with Crippen LogP contribution in [-0.4, -0.2) is 4.57 Å². The topological polar surface area (TPSA) is 8.81 Å². The van der Waals surface area contributed by atoms with Gasteiger partial charge in [-0.1, -0.05) is 18.2 Å². The molecule has 0 bridgehead atoms. The van der Waals surface area contributed by atoms with Gasteiger partial charge in [0.2, 0.25) is 0 Å². The zero-order chi connectivity index (χ0) is 11.0. The summed E-state index contributed by atoms with van der Waals surface area (Å²) in [6, 6.07) is 14.8. The monoisotopic (exact) mass is 209 g/mol. The van der Waals surface area contributed by atoms with Crippen LogP contribution in [0.4, 0.5) is 0 Å². The highest BCUT2D eigenvalue weighted by Gasteiger charge is 2.02. The van der Waals surface area contributed by atoms with E-state index in [1.54, 1.807) is 0 Å². The van der Waals surface area contributed by atoms with Crippen molar-refractivity contribution >= 4 is 10.9 Å². The smallest absolute Gasteiger partial charge is 0.170 e. The molecular formula is C14H13N2+. The second kappa shape index (κ2) is 3.49. The van der Waals surface area contributed by atoms with Gasteiger partial charge in [0.05, 0.1) is 11.2 Å². The first-order chi connectivity index (χ1) is 7.84. The Labute approximate surface area is 94.4 Å². The van der Waals surface area contributed by atoms with Crippen molar-refractivity contribution in [1.82, 2.24) is 4.57 Å². The van der Waals surface area contributed by atoms with Gasteiger partial charge in [0.25, 0.3) is 0 Å². The Morgan fingerprint density at radius 2 is 1.69 bits per heavy atom. The molecule has 0 aliphatic rings. The van der Waals surface area contributed by atoms with Crippen molar-refractivity contribution in [2.24, 2.45) is 7.05 Å². The number of rotatable bonds is 1. The lowest BCUT2D eigenvalue weighted by Crippen LogP contribution is -2.25. The minimum absolute atomic E-state index is 1.19. The van der Waals surface area contributed by atoms with Crippen LogP contribution >= 0.6 is 0 Å². The number of para-hydroxylation sites is 1. The molecule has 2 aromatic heterocycles. The van der Waals surface area contributed by atoms with Crippen LogP contribution in [0.1, 0.15) is 0 Å². The predicted molar refractivity (Wildman–Crippen MR) is 64.5 cm³/mol. The van der Waals surface area contributed by atoms with Gasteiger partial charge >= 0.3 is 0 Å². The average Bonchev–Trinajstić information content (AvgIpc) is 2.74. The molecular weight excluding hydrogens is 196 g/mol. The SMILES string of the molecule is C[n+]1ccc(-n2ccc3ccccc32)cc1. The third-order valence-corrected chi connectivity index (χ3v) is 2.84. The van der Waals surface area contributed by atoms with Gasteiger partial charge in [0, 0.05) is 18.3 Å². The second-order valence-corrected chi connectivity index (χ2v) is 3.97. The molecule has 0 atom stereocenters. The number of nitrogens with zero attached hydrogens (tertiary/aromatic N) is 2. The van der Waals surface area contributed by atoms with Crippen LogP contribution in [0, 0.1) is 0 Å². The number of pyridine rings is 1. The van der Waals surface area contributed by atoms with E-state index in [2.05, 4.69) is 65.6 Å². The fourth-order valence-electron chi connectivity index (χ4n) is 1.96. The van der Waals surface area contributed by atoms with Gasteiger partial charge in [-0.2, -0.15) is 0 Å². The Kier molecular flexibility index (Phi) is 2.00. The number of aromatic nitrogens is 2. The van der Waals surface area contributed by atoms with Gasteiger partial charge in [-0.05, 0) is 17.5 Å². The van der Waals surface area contributed by atoms with Gasteiger partial charge in [0.1, 0.15) is 7.05 Å². The minimum Gasteiger partial charge on any atom is -0.316 e. The molecule has 0 saturated carbocycles. The van der Waals surface area contributed by atoms with Crippen molar-refractivity contribution in [3.63, 3.8) is 0 Å². The maximum absolute atomic E-state index is 2.20. The average molecular weight is 209 g/mol. The molecule has 0 saturated heterocycles. The summed E-state index contributed by atoms with van der Waals surface area (Å²) in [5.74, 6) is 0. The van der Waals surface area contributed by atoms with Crippen LogP contribution in [0.3, 0.4) is 0 Å². The fourth-order valence-corrected chi connectivity index (χ4v) is 1.96. The van der Waals surface area contributed by atoms with E-state index in [9.17, 15) is 0 Å². The molecule has 0 amide bonds. The molecule has 2 heterocycles. The molecule has 0 aliphatic carbocycles. The minimum atomic E-state index is 1.19. The molecule has 16 heavy (non-hydrogen) atoms. The van der Waals surface area contributed by atoms with Crippen LogP contribution in [0.2, 0.25) is 0 Å². The number of aryl methyl sites for hydroxylation is 1. The quantitative estimate of drug-likeness (QED) is 0.544. The van der Waals surface area contributed by atoms with Crippen molar-refractivity contribution in [2.45, 2.75) is 0 Å². The zero-order valence-electron chi connectivity index (χ0n) is 9.17. The van der Waals surface area contributed by atoms with E-state index in [4.69, 9.17) is 0 Å². The summed E-state index contributed by atoms with van der Waals surface area (Å²) in [7, 11) is 2.03. The molecule has 0 radical (unpaired) electrons. The summed E-state index contributed by atoms with van der Waals surface area (Å²) < 4.78 is 4.24. The van der Waals surface area contributed by atoms with Crippen molar-refractivity contribution < 1.29 is 4.57 Å². The highest BCUT2D eigenvalue weighted by atomic mass is 15.0. The standard InChI is InChI=1S/C14H13N2/c1-15-9-7-13(8-10-15)16-11-6-12-4-2-3-5-14(12)16/h2-11H,1H3/q+1. The molecule has 2 nitrogen and oxygen atoms in total. The van der Waals surface area contributed by atoms with Crippen molar-refractivity contribution in [1.29, 1.82) is 0 Å². The van der Waals surface area contributed by atoms with E-state index in [1.807, 2.05) is 11.6 Å². The summed E-state index contributed by atoms with van der Waals surface area (Å²) in [5, 5.41) is 1.27. The van der Waals surface area contributed by atoms with E-state index in [0.29, 0.717) is 0 Å². The van der Waals surface area contributed by atoms with Crippen LogP contribution in [0.15, 0.2) is 61.1 Å². The highest BCUT2D eigenvalue weighted by molar-refractivity contribution is 5.81. The first kappa shape index (κ1) is 9.16. The molecule has 78 valence electrons. The Bertz CT molecular complexity index is 621. The third kappa shape index (κ3) is 1.39. The van der Waals surface area contributed by atoms with Gasteiger partial charge in [-0.3, -0.25) is 0 Å².